The van der Waals surface area contributed by atoms with Gasteiger partial charge in [0.05, 0.1) is 11.3 Å². The minimum absolute atomic E-state index is 0.0851. The van der Waals surface area contributed by atoms with Crippen LogP contribution in [0.15, 0.2) is 72.8 Å². The van der Waals surface area contributed by atoms with Crippen molar-refractivity contribution in [3.05, 3.63) is 89.5 Å². The Kier molecular flexibility index (Phi) is 5.87. The van der Waals surface area contributed by atoms with Crippen LogP contribution in [-0.2, 0) is 9.53 Å². The van der Waals surface area contributed by atoms with Crippen molar-refractivity contribution >= 4 is 23.7 Å². The number of amides is 2. The fourth-order valence-corrected chi connectivity index (χ4v) is 3.94. The number of fused-ring (bicyclic) bond motifs is 3. The number of nitrogens with one attached hydrogen (secondary N) is 2. The van der Waals surface area contributed by atoms with Crippen molar-refractivity contribution in [2.24, 2.45) is 0 Å². The molecule has 7 nitrogen and oxygen atoms in total. The third kappa shape index (κ3) is 4.43. The molecule has 33 heavy (non-hydrogen) atoms. The van der Waals surface area contributed by atoms with Gasteiger partial charge in [-0.05, 0) is 48.2 Å². The van der Waals surface area contributed by atoms with Crippen LogP contribution in [0.1, 0.15) is 41.3 Å². The second kappa shape index (κ2) is 8.78. The SMILES string of the molecule is CC(C)(NC(=O)c1ccccc1NC(=O)OCC1c2ccccc2-c2ccccc21)C(=O)O. The molecule has 0 heterocycles. The molecule has 0 bridgehead atoms. The Morgan fingerprint density at radius 3 is 2.03 bits per heavy atom. The summed E-state index contributed by atoms with van der Waals surface area (Å²) < 4.78 is 5.54. The molecular formula is C26H24N2O5. The van der Waals surface area contributed by atoms with E-state index >= 15 is 0 Å². The van der Waals surface area contributed by atoms with Gasteiger partial charge >= 0.3 is 12.1 Å². The molecule has 0 spiro atoms. The number of para-hydroxylation sites is 1. The minimum atomic E-state index is -1.46. The molecule has 0 aliphatic heterocycles. The molecule has 2 amide bonds. The van der Waals surface area contributed by atoms with Crippen LogP contribution in [0.25, 0.3) is 11.1 Å². The van der Waals surface area contributed by atoms with Crippen LogP contribution in [0, 0.1) is 0 Å². The predicted octanol–water partition coefficient (Wildman–Crippen LogP) is 4.64. The topological polar surface area (TPSA) is 105 Å². The van der Waals surface area contributed by atoms with E-state index in [4.69, 9.17) is 4.74 Å². The lowest BCUT2D eigenvalue weighted by molar-refractivity contribution is -0.143. The average molecular weight is 444 g/mol. The third-order valence-corrected chi connectivity index (χ3v) is 5.71. The van der Waals surface area contributed by atoms with Gasteiger partial charge in [0, 0.05) is 5.92 Å². The number of carbonyl (C=O) groups excluding carboxylic acids is 2. The summed E-state index contributed by atoms with van der Waals surface area (Å²) in [7, 11) is 0. The molecule has 0 fully saturated rings. The molecule has 1 aliphatic rings. The molecule has 168 valence electrons. The van der Waals surface area contributed by atoms with E-state index in [1.54, 1.807) is 18.2 Å². The normalized spacial score (nSPS) is 12.4. The van der Waals surface area contributed by atoms with Gasteiger partial charge in [0.25, 0.3) is 5.91 Å². The number of carboxylic acid groups (broad SMARTS) is 1. The summed E-state index contributed by atoms with van der Waals surface area (Å²) >= 11 is 0. The smallest absolute Gasteiger partial charge is 0.411 e. The summed E-state index contributed by atoms with van der Waals surface area (Å²) in [5.41, 5.74) is 3.36. The van der Waals surface area contributed by atoms with Gasteiger partial charge in [0.1, 0.15) is 12.1 Å². The lowest BCUT2D eigenvalue weighted by Gasteiger charge is -2.22. The van der Waals surface area contributed by atoms with Crippen molar-refractivity contribution in [1.29, 1.82) is 0 Å². The van der Waals surface area contributed by atoms with Crippen LogP contribution >= 0.6 is 0 Å². The fraction of sp³-hybridized carbons (Fsp3) is 0.192. The van der Waals surface area contributed by atoms with Gasteiger partial charge in [-0.3, -0.25) is 10.1 Å². The summed E-state index contributed by atoms with van der Waals surface area (Å²) in [5, 5.41) is 14.3. The van der Waals surface area contributed by atoms with Gasteiger partial charge in [-0.2, -0.15) is 0 Å². The Morgan fingerprint density at radius 2 is 1.42 bits per heavy atom. The Hall–Kier alpha value is -4.13. The molecule has 0 saturated heterocycles. The van der Waals surface area contributed by atoms with E-state index in [0.717, 1.165) is 22.3 Å². The van der Waals surface area contributed by atoms with Crippen molar-refractivity contribution in [2.45, 2.75) is 25.3 Å². The van der Waals surface area contributed by atoms with Gasteiger partial charge in [-0.25, -0.2) is 9.59 Å². The Labute approximate surface area is 191 Å². The molecule has 0 saturated carbocycles. The van der Waals surface area contributed by atoms with Crippen LogP contribution in [0.3, 0.4) is 0 Å². The van der Waals surface area contributed by atoms with Crippen molar-refractivity contribution in [1.82, 2.24) is 5.32 Å². The molecule has 7 heteroatoms. The van der Waals surface area contributed by atoms with E-state index in [1.165, 1.54) is 19.9 Å². The molecule has 3 aromatic rings. The van der Waals surface area contributed by atoms with E-state index in [-0.39, 0.29) is 23.8 Å². The zero-order valence-electron chi connectivity index (χ0n) is 18.3. The highest BCUT2D eigenvalue weighted by molar-refractivity contribution is 6.04. The number of carboxylic acids is 1. The fourth-order valence-electron chi connectivity index (χ4n) is 3.94. The quantitative estimate of drug-likeness (QED) is 0.514. The lowest BCUT2D eigenvalue weighted by atomic mass is 9.98. The van der Waals surface area contributed by atoms with Crippen molar-refractivity contribution in [2.75, 3.05) is 11.9 Å². The number of benzene rings is 3. The zero-order chi connectivity index (χ0) is 23.6. The maximum Gasteiger partial charge on any atom is 0.411 e. The number of aliphatic carboxylic acids is 1. The number of anilines is 1. The van der Waals surface area contributed by atoms with Gasteiger partial charge in [0.2, 0.25) is 0 Å². The lowest BCUT2D eigenvalue weighted by Crippen LogP contribution is -2.49. The second-order valence-corrected chi connectivity index (χ2v) is 8.38. The van der Waals surface area contributed by atoms with Crippen LogP contribution in [0.5, 0.6) is 0 Å². The molecule has 3 N–H and O–H groups in total. The van der Waals surface area contributed by atoms with Crippen molar-refractivity contribution in [3.63, 3.8) is 0 Å². The Morgan fingerprint density at radius 1 is 0.879 bits per heavy atom. The highest BCUT2D eigenvalue weighted by atomic mass is 16.5. The second-order valence-electron chi connectivity index (χ2n) is 8.38. The largest absolute Gasteiger partial charge is 0.480 e. The Bertz CT molecular complexity index is 1190. The molecular weight excluding hydrogens is 420 g/mol. The third-order valence-electron chi connectivity index (χ3n) is 5.71. The van der Waals surface area contributed by atoms with E-state index in [2.05, 4.69) is 22.8 Å². The first kappa shape index (κ1) is 22.1. The van der Waals surface area contributed by atoms with E-state index in [1.807, 2.05) is 36.4 Å². The van der Waals surface area contributed by atoms with Crippen LogP contribution in [0.2, 0.25) is 0 Å². The number of hydrogen-bond donors (Lipinski definition) is 3. The van der Waals surface area contributed by atoms with Gasteiger partial charge < -0.3 is 15.2 Å². The molecule has 4 rings (SSSR count). The summed E-state index contributed by atoms with van der Waals surface area (Å²) in [6, 6.07) is 22.4. The molecule has 3 aromatic carbocycles. The maximum absolute atomic E-state index is 12.6. The van der Waals surface area contributed by atoms with Crippen molar-refractivity contribution < 1.29 is 24.2 Å². The Balaban J connectivity index is 1.47. The summed E-state index contributed by atoms with van der Waals surface area (Å²) in [5.74, 6) is -1.87. The number of carbonyl (C=O) groups is 3. The van der Waals surface area contributed by atoms with Crippen molar-refractivity contribution in [3.8, 4) is 11.1 Å². The summed E-state index contributed by atoms with van der Waals surface area (Å²) in [6.45, 7) is 2.91. The highest BCUT2D eigenvalue weighted by Crippen LogP contribution is 2.44. The first-order valence-electron chi connectivity index (χ1n) is 10.5. The van der Waals surface area contributed by atoms with Gasteiger partial charge in [0.15, 0.2) is 0 Å². The van der Waals surface area contributed by atoms with Gasteiger partial charge in [-0.1, -0.05) is 60.7 Å². The number of rotatable bonds is 6. The van der Waals surface area contributed by atoms with Crippen LogP contribution in [-0.4, -0.2) is 35.2 Å². The molecule has 0 unspecified atom stereocenters. The van der Waals surface area contributed by atoms with Crippen LogP contribution in [0.4, 0.5) is 10.5 Å². The standard InChI is InChI=1S/C26H24N2O5/c1-26(2,24(30)31)28-23(29)20-13-7-8-14-22(20)27-25(32)33-15-21-18-11-5-3-9-16(18)17-10-4-6-12-19(17)21/h3-14,21H,15H2,1-2H3,(H,27,32)(H,28,29)(H,30,31). The summed E-state index contributed by atoms with van der Waals surface area (Å²) in [4.78, 5) is 36.6. The molecule has 0 radical (unpaired) electrons. The zero-order valence-corrected chi connectivity index (χ0v) is 18.3. The van der Waals surface area contributed by atoms with E-state index in [0.29, 0.717) is 0 Å². The van der Waals surface area contributed by atoms with Gasteiger partial charge in [-0.15, -0.1) is 0 Å². The highest BCUT2D eigenvalue weighted by Gasteiger charge is 2.31. The number of hydrogen-bond acceptors (Lipinski definition) is 4. The first-order valence-corrected chi connectivity index (χ1v) is 10.5. The predicted molar refractivity (Wildman–Crippen MR) is 124 cm³/mol. The average Bonchev–Trinajstić information content (AvgIpc) is 3.11. The maximum atomic E-state index is 12.6. The molecule has 0 atom stereocenters. The number of ether oxygens (including phenoxy) is 1. The van der Waals surface area contributed by atoms with E-state index in [9.17, 15) is 19.5 Å². The van der Waals surface area contributed by atoms with Crippen LogP contribution < -0.4 is 10.6 Å². The van der Waals surface area contributed by atoms with E-state index < -0.39 is 23.5 Å². The summed E-state index contributed by atoms with van der Waals surface area (Å²) in [6.07, 6.45) is -0.699. The molecule has 1 aliphatic carbocycles. The monoisotopic (exact) mass is 444 g/mol. The minimum Gasteiger partial charge on any atom is -0.480 e. The molecule has 0 aromatic heterocycles. The first-order chi connectivity index (χ1) is 15.8.